The van der Waals surface area contributed by atoms with Crippen LogP contribution >= 0.6 is 0 Å². The molecule has 1 amide bonds. The number of primary sulfonamides is 1. The molecule has 6 heteroatoms. The maximum Gasteiger partial charge on any atom is 0.254 e. The van der Waals surface area contributed by atoms with Crippen LogP contribution < -0.4 is 5.14 Å². The van der Waals surface area contributed by atoms with E-state index in [2.05, 4.69) is 0 Å². The number of amides is 1. The first-order valence-corrected chi connectivity index (χ1v) is 7.42. The quantitative estimate of drug-likeness (QED) is 0.883. The third kappa shape index (κ3) is 2.70. The minimum Gasteiger partial charge on any atom is -0.336 e. The zero-order valence-electron chi connectivity index (χ0n) is 10.2. The van der Waals surface area contributed by atoms with E-state index in [4.69, 9.17) is 5.14 Å². The van der Waals surface area contributed by atoms with Crippen LogP contribution in [0.5, 0.6) is 0 Å². The predicted molar refractivity (Wildman–Crippen MR) is 67.5 cm³/mol. The van der Waals surface area contributed by atoms with Crippen molar-refractivity contribution < 1.29 is 13.2 Å². The zero-order chi connectivity index (χ0) is 13.3. The second-order valence-electron chi connectivity index (χ2n) is 4.40. The van der Waals surface area contributed by atoms with E-state index in [9.17, 15) is 13.2 Å². The normalized spacial score (nSPS) is 15.4. The van der Waals surface area contributed by atoms with E-state index >= 15 is 0 Å². The number of nitrogens with two attached hydrogens (primary N) is 1. The third-order valence-electron chi connectivity index (χ3n) is 3.00. The van der Waals surface area contributed by atoms with Crippen LogP contribution in [0.15, 0.2) is 29.2 Å². The summed E-state index contributed by atoms with van der Waals surface area (Å²) in [6.45, 7) is 2.54. The summed E-state index contributed by atoms with van der Waals surface area (Å²) in [4.78, 5) is 14.0. The van der Waals surface area contributed by atoms with Gasteiger partial charge in [-0.05, 0) is 38.0 Å². The molecule has 1 fully saturated rings. The first-order valence-electron chi connectivity index (χ1n) is 5.87. The van der Waals surface area contributed by atoms with Gasteiger partial charge in [0.1, 0.15) is 0 Å². The molecule has 1 aliphatic carbocycles. The molecular formula is C12H16N2O3S. The number of hydrogen-bond donors (Lipinski definition) is 1. The van der Waals surface area contributed by atoms with Crippen LogP contribution in [-0.2, 0) is 10.0 Å². The Morgan fingerprint density at radius 2 is 2.11 bits per heavy atom. The van der Waals surface area contributed by atoms with E-state index in [1.165, 1.54) is 18.2 Å². The minimum atomic E-state index is -3.77. The highest BCUT2D eigenvalue weighted by molar-refractivity contribution is 7.89. The summed E-state index contributed by atoms with van der Waals surface area (Å²) >= 11 is 0. The predicted octanol–water partition coefficient (Wildman–Crippen LogP) is 0.959. The van der Waals surface area contributed by atoms with Crippen molar-refractivity contribution in [1.29, 1.82) is 0 Å². The Kier molecular flexibility index (Phi) is 3.41. The smallest absolute Gasteiger partial charge is 0.254 e. The van der Waals surface area contributed by atoms with Crippen LogP contribution in [0.2, 0.25) is 0 Å². The topological polar surface area (TPSA) is 80.5 Å². The van der Waals surface area contributed by atoms with Gasteiger partial charge < -0.3 is 4.90 Å². The molecule has 0 heterocycles. The van der Waals surface area contributed by atoms with Crippen LogP contribution in [0, 0.1) is 0 Å². The molecule has 0 atom stereocenters. The molecule has 1 aromatic rings. The lowest BCUT2D eigenvalue weighted by Gasteiger charge is -2.20. The van der Waals surface area contributed by atoms with Crippen LogP contribution in [-0.4, -0.2) is 31.8 Å². The molecule has 1 aromatic carbocycles. The van der Waals surface area contributed by atoms with Gasteiger partial charge in [-0.2, -0.15) is 0 Å². The zero-order valence-corrected chi connectivity index (χ0v) is 11.0. The first-order chi connectivity index (χ1) is 8.43. The summed E-state index contributed by atoms with van der Waals surface area (Å²) in [5.74, 6) is -0.134. The van der Waals surface area contributed by atoms with Crippen molar-refractivity contribution in [2.24, 2.45) is 5.14 Å². The molecule has 0 aromatic heterocycles. The third-order valence-corrected chi connectivity index (χ3v) is 3.91. The van der Waals surface area contributed by atoms with E-state index in [0.717, 1.165) is 12.8 Å². The molecule has 2 rings (SSSR count). The lowest BCUT2D eigenvalue weighted by molar-refractivity contribution is 0.0752. The Morgan fingerprint density at radius 1 is 1.44 bits per heavy atom. The van der Waals surface area contributed by atoms with Gasteiger partial charge in [0.2, 0.25) is 10.0 Å². The van der Waals surface area contributed by atoms with Gasteiger partial charge in [0.25, 0.3) is 5.91 Å². The summed E-state index contributed by atoms with van der Waals surface area (Å²) in [7, 11) is -3.77. The second-order valence-corrected chi connectivity index (χ2v) is 5.96. The number of benzene rings is 1. The fraction of sp³-hybridized carbons (Fsp3) is 0.417. The molecule has 0 spiro atoms. The molecule has 5 nitrogen and oxygen atoms in total. The van der Waals surface area contributed by atoms with Crippen molar-refractivity contribution in [3.05, 3.63) is 29.8 Å². The lowest BCUT2D eigenvalue weighted by atomic mass is 10.2. The number of sulfonamides is 1. The summed E-state index contributed by atoms with van der Waals surface area (Å²) in [6, 6.07) is 6.18. The average Bonchev–Trinajstić information content (AvgIpc) is 3.13. The average molecular weight is 268 g/mol. The number of carbonyl (C=O) groups excluding carboxylic acids is 1. The largest absolute Gasteiger partial charge is 0.336 e. The van der Waals surface area contributed by atoms with Crippen molar-refractivity contribution in [1.82, 2.24) is 4.90 Å². The molecule has 0 aliphatic heterocycles. The highest BCUT2D eigenvalue weighted by Crippen LogP contribution is 2.28. The number of hydrogen-bond acceptors (Lipinski definition) is 3. The molecule has 1 saturated carbocycles. The number of carbonyl (C=O) groups is 1. The molecule has 1 aliphatic rings. The Bertz CT molecular complexity index is 564. The van der Waals surface area contributed by atoms with E-state index < -0.39 is 10.0 Å². The standard InChI is InChI=1S/C12H16N2O3S/c1-2-14(10-6-7-10)12(15)9-4-3-5-11(8-9)18(13,16)17/h3-5,8,10H,2,6-7H2,1H3,(H2,13,16,17). The van der Waals surface area contributed by atoms with Crippen molar-refractivity contribution in [3.63, 3.8) is 0 Å². The Labute approximate surface area is 107 Å². The van der Waals surface area contributed by atoms with Crippen molar-refractivity contribution in [2.45, 2.75) is 30.7 Å². The highest BCUT2D eigenvalue weighted by atomic mass is 32.2. The Morgan fingerprint density at radius 3 is 2.61 bits per heavy atom. The molecule has 98 valence electrons. The molecule has 0 saturated heterocycles. The van der Waals surface area contributed by atoms with Gasteiger partial charge in [0.05, 0.1) is 4.90 Å². The molecular weight excluding hydrogens is 252 g/mol. The van der Waals surface area contributed by atoms with Crippen molar-refractivity contribution in [2.75, 3.05) is 6.54 Å². The van der Waals surface area contributed by atoms with Gasteiger partial charge in [-0.3, -0.25) is 4.79 Å². The van der Waals surface area contributed by atoms with Gasteiger partial charge in [-0.15, -0.1) is 0 Å². The van der Waals surface area contributed by atoms with E-state index in [1.807, 2.05) is 6.92 Å². The molecule has 0 radical (unpaired) electrons. The fourth-order valence-corrected chi connectivity index (χ4v) is 2.49. The summed E-state index contributed by atoms with van der Waals surface area (Å²) in [5.41, 5.74) is 0.371. The number of rotatable bonds is 4. The van der Waals surface area contributed by atoms with Crippen molar-refractivity contribution in [3.8, 4) is 0 Å². The van der Waals surface area contributed by atoms with Gasteiger partial charge in [0, 0.05) is 18.2 Å². The van der Waals surface area contributed by atoms with E-state index in [1.54, 1.807) is 11.0 Å². The monoisotopic (exact) mass is 268 g/mol. The summed E-state index contributed by atoms with van der Waals surface area (Å²) in [6.07, 6.45) is 2.04. The van der Waals surface area contributed by atoms with Crippen LogP contribution in [0.1, 0.15) is 30.1 Å². The molecule has 18 heavy (non-hydrogen) atoms. The van der Waals surface area contributed by atoms with Crippen molar-refractivity contribution >= 4 is 15.9 Å². The molecule has 2 N–H and O–H groups in total. The lowest BCUT2D eigenvalue weighted by Crippen LogP contribution is -2.32. The van der Waals surface area contributed by atoms with Gasteiger partial charge >= 0.3 is 0 Å². The second kappa shape index (κ2) is 4.70. The fourth-order valence-electron chi connectivity index (χ4n) is 1.93. The first kappa shape index (κ1) is 13.0. The van der Waals surface area contributed by atoms with Crippen LogP contribution in [0.25, 0.3) is 0 Å². The van der Waals surface area contributed by atoms with Crippen LogP contribution in [0.3, 0.4) is 0 Å². The van der Waals surface area contributed by atoms with Gasteiger partial charge in [0.15, 0.2) is 0 Å². The van der Waals surface area contributed by atoms with E-state index in [-0.39, 0.29) is 10.8 Å². The maximum absolute atomic E-state index is 12.2. The van der Waals surface area contributed by atoms with Gasteiger partial charge in [-0.1, -0.05) is 6.07 Å². The summed E-state index contributed by atoms with van der Waals surface area (Å²) < 4.78 is 22.5. The minimum absolute atomic E-state index is 0.0276. The van der Waals surface area contributed by atoms with E-state index in [0.29, 0.717) is 18.2 Å². The molecule has 0 bridgehead atoms. The highest BCUT2D eigenvalue weighted by Gasteiger charge is 2.32. The Hall–Kier alpha value is -1.40. The number of nitrogens with zero attached hydrogens (tertiary/aromatic N) is 1. The summed E-state index contributed by atoms with van der Waals surface area (Å²) in [5, 5.41) is 5.05. The Balaban J connectivity index is 2.30. The molecule has 0 unspecified atom stereocenters. The maximum atomic E-state index is 12.2. The SMILES string of the molecule is CCN(C(=O)c1cccc(S(N)(=O)=O)c1)C1CC1. The van der Waals surface area contributed by atoms with Crippen LogP contribution in [0.4, 0.5) is 0 Å². The van der Waals surface area contributed by atoms with Gasteiger partial charge in [-0.25, -0.2) is 13.6 Å².